The van der Waals surface area contributed by atoms with Crippen molar-refractivity contribution in [2.75, 3.05) is 26.2 Å². The Morgan fingerprint density at radius 1 is 1.19 bits per heavy atom. The second-order valence-corrected chi connectivity index (χ2v) is 9.56. The van der Waals surface area contributed by atoms with Crippen LogP contribution in [-0.2, 0) is 19.6 Å². The minimum atomic E-state index is -3.69. The summed E-state index contributed by atoms with van der Waals surface area (Å²) in [7, 11) is -3.69. The van der Waals surface area contributed by atoms with Crippen molar-refractivity contribution in [2.24, 2.45) is 0 Å². The van der Waals surface area contributed by atoms with E-state index in [0.29, 0.717) is 19.6 Å². The number of rotatable bonds is 5. The number of nitrogens with zero attached hydrogens (tertiary/aromatic N) is 2. The van der Waals surface area contributed by atoms with Crippen LogP contribution < -0.4 is 0 Å². The summed E-state index contributed by atoms with van der Waals surface area (Å²) in [6.45, 7) is 3.24. The molecule has 1 atom stereocenters. The molecular formula is C17H24N2O5S2. The van der Waals surface area contributed by atoms with Gasteiger partial charge >= 0.3 is 5.97 Å². The van der Waals surface area contributed by atoms with Crippen LogP contribution in [0.15, 0.2) is 16.3 Å². The quantitative estimate of drug-likeness (QED) is 0.707. The summed E-state index contributed by atoms with van der Waals surface area (Å²) >= 11 is 1.03. The molecule has 0 N–H and O–H groups in total. The highest BCUT2D eigenvalue weighted by atomic mass is 32.2. The van der Waals surface area contributed by atoms with Gasteiger partial charge in [-0.2, -0.15) is 4.31 Å². The lowest BCUT2D eigenvalue weighted by molar-refractivity contribution is -0.137. The number of esters is 1. The van der Waals surface area contributed by atoms with E-state index in [0.717, 1.165) is 43.4 Å². The molecule has 2 fully saturated rings. The number of amides is 1. The first-order valence-electron chi connectivity index (χ1n) is 8.95. The van der Waals surface area contributed by atoms with E-state index in [4.69, 9.17) is 4.74 Å². The lowest BCUT2D eigenvalue weighted by Crippen LogP contribution is -2.44. The van der Waals surface area contributed by atoms with Crippen molar-refractivity contribution in [2.45, 2.75) is 50.0 Å². The molecule has 0 aromatic carbocycles. The highest BCUT2D eigenvalue weighted by molar-refractivity contribution is 7.89. The SMILES string of the molecule is CC1CCCCN1C(=O)COC(=O)c1sccc1S(=O)(=O)N1CCCC1. The fraction of sp³-hybridized carbons (Fsp3) is 0.647. The van der Waals surface area contributed by atoms with Gasteiger partial charge < -0.3 is 9.64 Å². The van der Waals surface area contributed by atoms with Crippen LogP contribution in [0.2, 0.25) is 0 Å². The van der Waals surface area contributed by atoms with Crippen LogP contribution in [-0.4, -0.2) is 61.8 Å². The Labute approximate surface area is 158 Å². The summed E-state index contributed by atoms with van der Waals surface area (Å²) < 4.78 is 31.9. The molecule has 1 unspecified atom stereocenters. The summed E-state index contributed by atoms with van der Waals surface area (Å²) in [6, 6.07) is 1.58. The first-order chi connectivity index (χ1) is 12.4. The van der Waals surface area contributed by atoms with Crippen LogP contribution in [0.4, 0.5) is 0 Å². The Balaban J connectivity index is 1.66. The molecule has 144 valence electrons. The first-order valence-corrected chi connectivity index (χ1v) is 11.3. The minimum absolute atomic E-state index is 0.0202. The van der Waals surface area contributed by atoms with Crippen molar-refractivity contribution in [1.82, 2.24) is 9.21 Å². The van der Waals surface area contributed by atoms with Crippen molar-refractivity contribution in [3.05, 3.63) is 16.3 Å². The molecule has 1 aromatic heterocycles. The molecule has 7 nitrogen and oxygen atoms in total. The molecule has 1 aromatic rings. The number of likely N-dealkylation sites (tertiary alicyclic amines) is 1. The molecule has 0 spiro atoms. The van der Waals surface area contributed by atoms with Gasteiger partial charge in [-0.3, -0.25) is 4.79 Å². The fourth-order valence-electron chi connectivity index (χ4n) is 3.46. The van der Waals surface area contributed by atoms with E-state index in [9.17, 15) is 18.0 Å². The Kier molecular flexibility index (Phi) is 5.99. The average Bonchev–Trinajstić information content (AvgIpc) is 3.31. The van der Waals surface area contributed by atoms with Crippen LogP contribution in [0, 0.1) is 0 Å². The molecule has 2 saturated heterocycles. The minimum Gasteiger partial charge on any atom is -0.451 e. The number of thiophene rings is 1. The van der Waals surface area contributed by atoms with Gasteiger partial charge in [0.15, 0.2) is 6.61 Å². The van der Waals surface area contributed by atoms with Crippen molar-refractivity contribution in [3.63, 3.8) is 0 Å². The standard InChI is InChI=1S/C17H24N2O5S2/c1-13-6-2-3-10-19(13)15(20)12-24-17(21)16-14(7-11-25-16)26(22,23)18-8-4-5-9-18/h7,11,13H,2-6,8-10,12H2,1H3. The lowest BCUT2D eigenvalue weighted by atomic mass is 10.0. The van der Waals surface area contributed by atoms with Crippen LogP contribution in [0.3, 0.4) is 0 Å². The molecular weight excluding hydrogens is 376 g/mol. The van der Waals surface area contributed by atoms with Gasteiger partial charge in [-0.1, -0.05) is 0 Å². The highest BCUT2D eigenvalue weighted by Crippen LogP contribution is 2.28. The fourth-order valence-corrected chi connectivity index (χ4v) is 6.26. The molecule has 3 heterocycles. The first kappa shape index (κ1) is 19.3. The van der Waals surface area contributed by atoms with Crippen LogP contribution in [0.5, 0.6) is 0 Å². The van der Waals surface area contributed by atoms with Gasteiger partial charge in [-0.15, -0.1) is 11.3 Å². The molecule has 26 heavy (non-hydrogen) atoms. The zero-order valence-electron chi connectivity index (χ0n) is 14.8. The maximum absolute atomic E-state index is 12.7. The van der Waals surface area contributed by atoms with Crippen molar-refractivity contribution in [1.29, 1.82) is 0 Å². The Morgan fingerprint density at radius 2 is 1.88 bits per heavy atom. The second kappa shape index (κ2) is 8.06. The van der Waals surface area contributed by atoms with Gasteiger partial charge in [0.05, 0.1) is 0 Å². The molecule has 0 saturated carbocycles. The van der Waals surface area contributed by atoms with Gasteiger partial charge in [0.25, 0.3) is 5.91 Å². The number of hydrogen-bond donors (Lipinski definition) is 0. The Hall–Kier alpha value is -1.45. The van der Waals surface area contributed by atoms with Crippen LogP contribution in [0.25, 0.3) is 0 Å². The Bertz CT molecular complexity index is 768. The zero-order valence-corrected chi connectivity index (χ0v) is 16.5. The van der Waals surface area contributed by atoms with E-state index < -0.39 is 16.0 Å². The number of ether oxygens (including phenoxy) is 1. The molecule has 0 bridgehead atoms. The van der Waals surface area contributed by atoms with E-state index in [1.54, 1.807) is 10.3 Å². The second-order valence-electron chi connectivity index (χ2n) is 6.73. The Morgan fingerprint density at radius 3 is 2.58 bits per heavy atom. The average molecular weight is 401 g/mol. The molecule has 9 heteroatoms. The molecule has 2 aliphatic rings. The molecule has 3 rings (SSSR count). The number of carbonyl (C=O) groups is 2. The van der Waals surface area contributed by atoms with E-state index in [1.807, 2.05) is 6.92 Å². The normalized spacial score (nSPS) is 21.7. The number of piperidine rings is 1. The summed E-state index contributed by atoms with van der Waals surface area (Å²) in [5.74, 6) is -0.984. The number of hydrogen-bond acceptors (Lipinski definition) is 6. The van der Waals surface area contributed by atoms with Crippen LogP contribution >= 0.6 is 11.3 Å². The maximum Gasteiger partial charge on any atom is 0.350 e. The van der Waals surface area contributed by atoms with E-state index in [1.165, 1.54) is 10.4 Å². The zero-order chi connectivity index (χ0) is 18.7. The summed E-state index contributed by atoms with van der Waals surface area (Å²) in [6.07, 6.45) is 4.64. The highest BCUT2D eigenvalue weighted by Gasteiger charge is 2.33. The summed E-state index contributed by atoms with van der Waals surface area (Å²) in [4.78, 5) is 26.4. The molecule has 1 amide bonds. The number of carbonyl (C=O) groups excluding carboxylic acids is 2. The van der Waals surface area contributed by atoms with Gasteiger partial charge in [-0.25, -0.2) is 13.2 Å². The van der Waals surface area contributed by atoms with Gasteiger partial charge in [0.2, 0.25) is 10.0 Å². The topological polar surface area (TPSA) is 84.0 Å². The summed E-state index contributed by atoms with van der Waals surface area (Å²) in [5, 5.41) is 1.56. The van der Waals surface area contributed by atoms with Crippen molar-refractivity contribution in [3.8, 4) is 0 Å². The van der Waals surface area contributed by atoms with Gasteiger partial charge in [0.1, 0.15) is 9.77 Å². The largest absolute Gasteiger partial charge is 0.451 e. The van der Waals surface area contributed by atoms with Crippen molar-refractivity contribution < 1.29 is 22.7 Å². The third-order valence-corrected chi connectivity index (χ3v) is 7.91. The summed E-state index contributed by atoms with van der Waals surface area (Å²) in [5.41, 5.74) is 0. The predicted octanol–water partition coefficient (Wildman–Crippen LogP) is 2.09. The van der Waals surface area contributed by atoms with Crippen molar-refractivity contribution >= 4 is 33.2 Å². The van der Waals surface area contributed by atoms with Gasteiger partial charge in [-0.05, 0) is 50.5 Å². The molecule has 0 radical (unpaired) electrons. The maximum atomic E-state index is 12.7. The van der Waals surface area contributed by atoms with E-state index >= 15 is 0 Å². The monoisotopic (exact) mass is 400 g/mol. The lowest BCUT2D eigenvalue weighted by Gasteiger charge is -2.33. The smallest absolute Gasteiger partial charge is 0.350 e. The van der Waals surface area contributed by atoms with Gasteiger partial charge in [0, 0.05) is 25.7 Å². The molecule has 0 aliphatic carbocycles. The van der Waals surface area contributed by atoms with E-state index in [2.05, 4.69) is 0 Å². The predicted molar refractivity (Wildman–Crippen MR) is 97.6 cm³/mol. The van der Waals surface area contributed by atoms with Crippen LogP contribution in [0.1, 0.15) is 48.7 Å². The third kappa shape index (κ3) is 3.94. The number of sulfonamides is 1. The molecule has 2 aliphatic heterocycles. The van der Waals surface area contributed by atoms with E-state index in [-0.39, 0.29) is 28.3 Å². The third-order valence-electron chi connectivity index (χ3n) is 4.95.